The molecule has 1 aromatic rings. The molecule has 1 aliphatic rings. The summed E-state index contributed by atoms with van der Waals surface area (Å²) in [6, 6.07) is 2.62. The molecule has 4 heteroatoms. The van der Waals surface area contributed by atoms with E-state index in [0.29, 0.717) is 0 Å². The quantitative estimate of drug-likeness (QED) is 0.786. The zero-order valence-electron chi connectivity index (χ0n) is 13.5. The fourth-order valence-electron chi connectivity index (χ4n) is 3.47. The first kappa shape index (κ1) is 16.4. The fraction of sp³-hybridized carbons (Fsp3) is 0.765. The van der Waals surface area contributed by atoms with Gasteiger partial charge in [0.05, 0.1) is 27.9 Å². The van der Waals surface area contributed by atoms with Crippen molar-refractivity contribution in [2.24, 2.45) is 11.3 Å². The van der Waals surface area contributed by atoms with Crippen LogP contribution in [-0.4, -0.2) is 9.78 Å². The fourth-order valence-corrected chi connectivity index (χ4v) is 3.81. The molecule has 1 fully saturated rings. The van der Waals surface area contributed by atoms with Gasteiger partial charge in [-0.05, 0) is 44.9 Å². The van der Waals surface area contributed by atoms with Crippen LogP contribution in [0, 0.1) is 22.7 Å². The predicted octanol–water partition coefficient (Wildman–Crippen LogP) is 4.77. The van der Waals surface area contributed by atoms with Crippen LogP contribution in [0.3, 0.4) is 0 Å². The van der Waals surface area contributed by atoms with Gasteiger partial charge in [-0.1, -0.05) is 31.9 Å². The molecule has 1 aliphatic carbocycles. The summed E-state index contributed by atoms with van der Waals surface area (Å²) in [6.45, 7) is 7.22. The largest absolute Gasteiger partial charge is 0.268 e. The molecule has 0 saturated heterocycles. The summed E-state index contributed by atoms with van der Waals surface area (Å²) in [4.78, 5) is 0. The van der Waals surface area contributed by atoms with Gasteiger partial charge in [0.2, 0.25) is 0 Å². The molecule has 0 aromatic carbocycles. The number of aromatic nitrogens is 2. The minimum absolute atomic E-state index is 0.243. The van der Waals surface area contributed by atoms with Crippen LogP contribution < -0.4 is 0 Å². The highest BCUT2D eigenvalue weighted by Gasteiger charge is 2.37. The third-order valence-electron chi connectivity index (χ3n) is 5.08. The minimum Gasteiger partial charge on any atom is -0.268 e. The van der Waals surface area contributed by atoms with Gasteiger partial charge in [-0.25, -0.2) is 0 Å². The van der Waals surface area contributed by atoms with E-state index >= 15 is 0 Å². The van der Waals surface area contributed by atoms with E-state index in [4.69, 9.17) is 11.6 Å². The topological polar surface area (TPSA) is 41.6 Å². The molecule has 0 atom stereocenters. The van der Waals surface area contributed by atoms with E-state index in [1.165, 1.54) is 19.3 Å². The molecule has 1 saturated carbocycles. The average Bonchev–Trinajstić information content (AvgIpc) is 2.83. The van der Waals surface area contributed by atoms with Crippen molar-refractivity contribution in [1.82, 2.24) is 9.78 Å². The van der Waals surface area contributed by atoms with E-state index in [1.54, 1.807) is 0 Å². The lowest BCUT2D eigenvalue weighted by Gasteiger charge is -2.34. The first-order valence-corrected chi connectivity index (χ1v) is 8.62. The van der Waals surface area contributed by atoms with E-state index in [9.17, 15) is 5.26 Å². The normalized spacial score (nSPS) is 25.8. The first-order chi connectivity index (χ1) is 10.1. The van der Waals surface area contributed by atoms with Crippen LogP contribution in [0.15, 0.2) is 0 Å². The van der Waals surface area contributed by atoms with Crippen molar-refractivity contribution in [2.45, 2.75) is 72.3 Å². The molecule has 0 radical (unpaired) electrons. The maximum absolute atomic E-state index is 9.76. The number of halogens is 1. The maximum atomic E-state index is 9.76. The Morgan fingerprint density at radius 1 is 1.33 bits per heavy atom. The highest BCUT2D eigenvalue weighted by Crippen LogP contribution is 2.43. The van der Waals surface area contributed by atoms with Gasteiger partial charge in [-0.3, -0.25) is 4.68 Å². The van der Waals surface area contributed by atoms with Crippen molar-refractivity contribution >= 4 is 11.6 Å². The number of rotatable bonds is 5. The molecule has 3 nitrogen and oxygen atoms in total. The van der Waals surface area contributed by atoms with Crippen LogP contribution in [0.1, 0.15) is 64.3 Å². The molecule has 2 rings (SSSR count). The highest BCUT2D eigenvalue weighted by atomic mass is 35.5. The Morgan fingerprint density at radius 3 is 2.48 bits per heavy atom. The van der Waals surface area contributed by atoms with Gasteiger partial charge in [0.15, 0.2) is 0 Å². The van der Waals surface area contributed by atoms with Crippen molar-refractivity contribution in [3.05, 3.63) is 16.4 Å². The van der Waals surface area contributed by atoms with Gasteiger partial charge in [0.25, 0.3) is 0 Å². The molecule has 116 valence electrons. The van der Waals surface area contributed by atoms with E-state index < -0.39 is 0 Å². The molecular formula is C17H26ClN3. The Bertz CT molecular complexity index is 519. The van der Waals surface area contributed by atoms with Crippen LogP contribution in [0.2, 0.25) is 5.02 Å². The van der Waals surface area contributed by atoms with Crippen LogP contribution in [0.4, 0.5) is 0 Å². The van der Waals surface area contributed by atoms with Gasteiger partial charge in [-0.2, -0.15) is 10.4 Å². The van der Waals surface area contributed by atoms with Crippen molar-refractivity contribution < 1.29 is 0 Å². The first-order valence-electron chi connectivity index (χ1n) is 8.24. The maximum Gasteiger partial charge on any atom is 0.0850 e. The van der Waals surface area contributed by atoms with Crippen molar-refractivity contribution in [2.75, 3.05) is 0 Å². The van der Waals surface area contributed by atoms with Crippen LogP contribution >= 0.6 is 11.6 Å². The number of nitriles is 1. The van der Waals surface area contributed by atoms with E-state index in [-0.39, 0.29) is 5.41 Å². The second kappa shape index (κ2) is 6.83. The van der Waals surface area contributed by atoms with Crippen molar-refractivity contribution in [3.63, 3.8) is 0 Å². The Hall–Kier alpha value is -1.01. The molecule has 0 aliphatic heterocycles. The Balaban J connectivity index is 2.24. The lowest BCUT2D eigenvalue weighted by molar-refractivity contribution is 0.202. The number of hydrogen-bond acceptors (Lipinski definition) is 2. The van der Waals surface area contributed by atoms with Crippen molar-refractivity contribution in [3.8, 4) is 6.07 Å². The lowest BCUT2D eigenvalue weighted by atomic mass is 9.68. The Kier molecular flexibility index (Phi) is 5.32. The second-order valence-corrected chi connectivity index (χ2v) is 6.68. The third kappa shape index (κ3) is 3.26. The molecule has 0 amide bonds. The van der Waals surface area contributed by atoms with Crippen LogP contribution in [0.25, 0.3) is 0 Å². The van der Waals surface area contributed by atoms with Gasteiger partial charge in [0, 0.05) is 13.0 Å². The highest BCUT2D eigenvalue weighted by molar-refractivity contribution is 6.31. The summed E-state index contributed by atoms with van der Waals surface area (Å²) < 4.78 is 1.99. The third-order valence-corrected chi connectivity index (χ3v) is 5.51. The Morgan fingerprint density at radius 2 is 2.00 bits per heavy atom. The molecular weight excluding hydrogens is 282 g/mol. The SMILES string of the molecule is CCc1nn(CC)c(CC2(C#N)CCC(CC)CC2)c1Cl. The molecule has 1 heterocycles. The summed E-state index contributed by atoms with van der Waals surface area (Å²) in [5.74, 6) is 0.796. The number of hydrogen-bond donors (Lipinski definition) is 0. The Labute approximate surface area is 133 Å². The zero-order valence-corrected chi connectivity index (χ0v) is 14.2. The van der Waals surface area contributed by atoms with Crippen LogP contribution in [0.5, 0.6) is 0 Å². The monoisotopic (exact) mass is 307 g/mol. The van der Waals surface area contributed by atoms with Gasteiger partial charge in [0.1, 0.15) is 0 Å². The second-order valence-electron chi connectivity index (χ2n) is 6.30. The average molecular weight is 308 g/mol. The number of aryl methyl sites for hydroxylation is 2. The molecule has 0 spiro atoms. The molecule has 0 N–H and O–H groups in total. The molecule has 1 aromatic heterocycles. The van der Waals surface area contributed by atoms with E-state index in [2.05, 4.69) is 31.9 Å². The van der Waals surface area contributed by atoms with Gasteiger partial charge < -0.3 is 0 Å². The minimum atomic E-state index is -0.243. The summed E-state index contributed by atoms with van der Waals surface area (Å²) in [5, 5.41) is 15.1. The number of nitrogens with zero attached hydrogens (tertiary/aromatic N) is 3. The molecule has 21 heavy (non-hydrogen) atoms. The lowest BCUT2D eigenvalue weighted by Crippen LogP contribution is -2.29. The summed E-state index contributed by atoms with van der Waals surface area (Å²) in [6.07, 6.45) is 7.15. The predicted molar refractivity (Wildman–Crippen MR) is 86.3 cm³/mol. The molecule has 0 bridgehead atoms. The van der Waals surface area contributed by atoms with Gasteiger partial charge >= 0.3 is 0 Å². The summed E-state index contributed by atoms with van der Waals surface area (Å²) in [7, 11) is 0. The smallest absolute Gasteiger partial charge is 0.0850 e. The standard InChI is InChI=1S/C17H26ClN3/c1-4-13-7-9-17(12-19,10-8-13)11-15-16(18)14(5-2)20-21(15)6-3/h13H,4-11H2,1-3H3. The molecule has 0 unspecified atom stereocenters. The van der Waals surface area contributed by atoms with Crippen LogP contribution in [-0.2, 0) is 19.4 Å². The van der Waals surface area contributed by atoms with Gasteiger partial charge in [-0.15, -0.1) is 0 Å². The van der Waals surface area contributed by atoms with Crippen molar-refractivity contribution in [1.29, 1.82) is 5.26 Å². The zero-order chi connectivity index (χ0) is 15.5. The van der Waals surface area contributed by atoms with E-state index in [0.717, 1.165) is 54.6 Å². The summed E-state index contributed by atoms with van der Waals surface area (Å²) in [5.41, 5.74) is 1.78. The summed E-state index contributed by atoms with van der Waals surface area (Å²) >= 11 is 6.51. The van der Waals surface area contributed by atoms with E-state index in [1.807, 2.05) is 4.68 Å².